The van der Waals surface area contributed by atoms with Crippen molar-refractivity contribution >= 4 is 43.4 Å². The lowest BCUT2D eigenvalue weighted by molar-refractivity contribution is 0.660. The van der Waals surface area contributed by atoms with E-state index in [0.717, 1.165) is 27.8 Å². The molecule has 0 radical (unpaired) electrons. The topological polar surface area (TPSA) is 17.8 Å². The number of aromatic nitrogens is 2. The van der Waals surface area contributed by atoms with Gasteiger partial charge >= 0.3 is 0 Å². The lowest BCUT2D eigenvalue weighted by Gasteiger charge is -2.21. The van der Waals surface area contributed by atoms with Crippen LogP contribution in [0.4, 0.5) is 0 Å². The van der Waals surface area contributed by atoms with Gasteiger partial charge in [0, 0.05) is 33.3 Å². The number of rotatable bonds is 3. The summed E-state index contributed by atoms with van der Waals surface area (Å²) in [5, 5.41) is 7.25. The lowest BCUT2D eigenvalue weighted by atomic mass is 9.82. The molecule has 0 unspecified atom stereocenters. The summed E-state index contributed by atoms with van der Waals surface area (Å²) in [6.07, 6.45) is 2.05. The number of fused-ring (bicyclic) bond motifs is 8. The van der Waals surface area contributed by atoms with Gasteiger partial charge in [0.1, 0.15) is 5.82 Å². The van der Waals surface area contributed by atoms with Crippen LogP contribution in [0.15, 0.2) is 158 Å². The van der Waals surface area contributed by atoms with Crippen LogP contribution in [-0.2, 0) is 5.41 Å². The monoisotopic (exact) mass is 612 g/mol. The summed E-state index contributed by atoms with van der Waals surface area (Å²) in [5.41, 5.74) is 12.6. The number of hydrogen-bond donors (Lipinski definition) is 0. The molecular formula is C46H32N2. The molecular weight excluding hydrogens is 581 g/mol. The number of pyridine rings is 1. The molecule has 0 saturated heterocycles. The molecule has 2 heterocycles. The summed E-state index contributed by atoms with van der Waals surface area (Å²) >= 11 is 0. The second kappa shape index (κ2) is 10.0. The van der Waals surface area contributed by atoms with Crippen molar-refractivity contribution in [3.8, 4) is 39.2 Å². The van der Waals surface area contributed by atoms with E-state index in [9.17, 15) is 0 Å². The fourth-order valence-electron chi connectivity index (χ4n) is 8.22. The highest BCUT2D eigenvalue weighted by Crippen LogP contribution is 2.50. The maximum Gasteiger partial charge on any atom is 0.145 e. The maximum atomic E-state index is 5.22. The van der Waals surface area contributed by atoms with Crippen molar-refractivity contribution in [1.82, 2.24) is 9.55 Å². The Balaban J connectivity index is 1.23. The third kappa shape index (κ3) is 3.83. The minimum absolute atomic E-state index is 0.00524. The van der Waals surface area contributed by atoms with Crippen LogP contribution in [0.25, 0.3) is 82.5 Å². The minimum Gasteiger partial charge on any atom is -0.293 e. The Kier molecular flexibility index (Phi) is 5.66. The van der Waals surface area contributed by atoms with Gasteiger partial charge in [0.2, 0.25) is 0 Å². The van der Waals surface area contributed by atoms with E-state index in [0.29, 0.717) is 0 Å². The van der Waals surface area contributed by atoms with Crippen molar-refractivity contribution < 1.29 is 0 Å². The van der Waals surface area contributed by atoms with Gasteiger partial charge < -0.3 is 0 Å². The molecule has 9 aromatic rings. The molecule has 0 N–H and O–H groups in total. The van der Waals surface area contributed by atoms with Crippen LogP contribution in [0.2, 0.25) is 0 Å². The molecule has 10 rings (SSSR count). The van der Waals surface area contributed by atoms with Crippen LogP contribution < -0.4 is 0 Å². The van der Waals surface area contributed by atoms with Gasteiger partial charge in [-0.05, 0) is 85.4 Å². The summed E-state index contributed by atoms with van der Waals surface area (Å²) < 4.78 is 2.37. The number of hydrogen-bond acceptors (Lipinski definition) is 1. The molecule has 226 valence electrons. The maximum absolute atomic E-state index is 5.22. The smallest absolute Gasteiger partial charge is 0.145 e. The molecule has 0 saturated carbocycles. The van der Waals surface area contributed by atoms with Crippen molar-refractivity contribution in [3.63, 3.8) is 0 Å². The quantitative estimate of drug-likeness (QED) is 0.194. The Morgan fingerprint density at radius 1 is 0.438 bits per heavy atom. The first kappa shape index (κ1) is 27.2. The Bertz CT molecular complexity index is 2750. The van der Waals surface area contributed by atoms with E-state index in [4.69, 9.17) is 4.98 Å². The van der Waals surface area contributed by atoms with Gasteiger partial charge in [-0.3, -0.25) is 4.57 Å². The van der Waals surface area contributed by atoms with E-state index in [2.05, 4.69) is 170 Å². The Labute approximate surface area is 279 Å². The first-order chi connectivity index (χ1) is 23.6. The molecule has 0 fully saturated rings. The zero-order valence-electron chi connectivity index (χ0n) is 26.9. The SMILES string of the molecule is CC1(C)c2ccccc2-c2cc(-c3ccc4c(c3)c3cc5ccccc5cc3n4-c3ncc(-c4ccccc4)c4ccccc34)ccc21. The van der Waals surface area contributed by atoms with E-state index < -0.39 is 0 Å². The standard InChI is InChI=1S/C46H32N2/c1-46(2)41-19-11-10-17-35(41)37-24-32(20-22-42(37)46)33-21-23-43-38(26-33)39-25-30-14-6-7-15-31(30)27-44(39)48(43)45-36-18-9-8-16-34(36)40(28-47-45)29-12-4-3-5-13-29/h3-28H,1-2H3. The normalized spacial score (nSPS) is 13.4. The molecule has 0 atom stereocenters. The van der Waals surface area contributed by atoms with E-state index in [1.54, 1.807) is 0 Å². The van der Waals surface area contributed by atoms with Gasteiger partial charge in [-0.25, -0.2) is 4.98 Å². The van der Waals surface area contributed by atoms with Crippen LogP contribution in [0, 0.1) is 0 Å². The molecule has 1 aliphatic rings. The number of nitrogens with zero attached hydrogens (tertiary/aromatic N) is 2. The Hall–Kier alpha value is -5.99. The van der Waals surface area contributed by atoms with Crippen LogP contribution in [-0.4, -0.2) is 9.55 Å². The van der Waals surface area contributed by atoms with E-state index >= 15 is 0 Å². The summed E-state index contributed by atoms with van der Waals surface area (Å²) in [6, 6.07) is 55.5. The summed E-state index contributed by atoms with van der Waals surface area (Å²) in [5.74, 6) is 0.949. The fourth-order valence-corrected chi connectivity index (χ4v) is 8.22. The predicted molar refractivity (Wildman–Crippen MR) is 202 cm³/mol. The van der Waals surface area contributed by atoms with Crippen molar-refractivity contribution in [3.05, 3.63) is 169 Å². The van der Waals surface area contributed by atoms with Crippen LogP contribution in [0.5, 0.6) is 0 Å². The average molecular weight is 613 g/mol. The van der Waals surface area contributed by atoms with Gasteiger partial charge in [0.25, 0.3) is 0 Å². The molecule has 0 bridgehead atoms. The Morgan fingerprint density at radius 2 is 1.08 bits per heavy atom. The molecule has 48 heavy (non-hydrogen) atoms. The van der Waals surface area contributed by atoms with Crippen molar-refractivity contribution in [2.75, 3.05) is 0 Å². The second-order valence-electron chi connectivity index (χ2n) is 13.6. The third-order valence-electron chi connectivity index (χ3n) is 10.6. The van der Waals surface area contributed by atoms with Crippen molar-refractivity contribution in [2.45, 2.75) is 19.3 Å². The number of benzene rings is 7. The zero-order chi connectivity index (χ0) is 32.0. The molecule has 0 spiro atoms. The summed E-state index contributed by atoms with van der Waals surface area (Å²) in [6.45, 7) is 4.68. The fraction of sp³-hybridized carbons (Fsp3) is 0.0652. The molecule has 2 aromatic heterocycles. The first-order valence-corrected chi connectivity index (χ1v) is 16.7. The highest BCUT2D eigenvalue weighted by molar-refractivity contribution is 6.15. The van der Waals surface area contributed by atoms with Crippen molar-refractivity contribution in [2.24, 2.45) is 0 Å². The third-order valence-corrected chi connectivity index (χ3v) is 10.6. The van der Waals surface area contributed by atoms with E-state index in [-0.39, 0.29) is 5.41 Å². The summed E-state index contributed by atoms with van der Waals surface area (Å²) in [4.78, 5) is 5.22. The summed E-state index contributed by atoms with van der Waals surface area (Å²) in [7, 11) is 0. The Morgan fingerprint density at radius 3 is 1.94 bits per heavy atom. The molecule has 2 heteroatoms. The predicted octanol–water partition coefficient (Wildman–Crippen LogP) is 12.1. The largest absolute Gasteiger partial charge is 0.293 e. The van der Waals surface area contributed by atoms with E-state index in [1.807, 2.05) is 6.20 Å². The minimum atomic E-state index is -0.00524. The van der Waals surface area contributed by atoms with Gasteiger partial charge in [-0.15, -0.1) is 0 Å². The lowest BCUT2D eigenvalue weighted by Crippen LogP contribution is -2.14. The zero-order valence-corrected chi connectivity index (χ0v) is 26.9. The highest BCUT2D eigenvalue weighted by Gasteiger charge is 2.35. The molecule has 0 amide bonds. The van der Waals surface area contributed by atoms with Gasteiger partial charge in [0.15, 0.2) is 0 Å². The van der Waals surface area contributed by atoms with Gasteiger partial charge in [-0.1, -0.05) is 135 Å². The molecule has 2 nitrogen and oxygen atoms in total. The van der Waals surface area contributed by atoms with Crippen LogP contribution in [0.1, 0.15) is 25.0 Å². The van der Waals surface area contributed by atoms with Crippen molar-refractivity contribution in [1.29, 1.82) is 0 Å². The van der Waals surface area contributed by atoms with Gasteiger partial charge in [0.05, 0.1) is 11.0 Å². The first-order valence-electron chi connectivity index (χ1n) is 16.7. The van der Waals surface area contributed by atoms with Crippen LogP contribution >= 0.6 is 0 Å². The second-order valence-corrected chi connectivity index (χ2v) is 13.6. The van der Waals surface area contributed by atoms with E-state index in [1.165, 1.54) is 65.9 Å². The van der Waals surface area contributed by atoms with Crippen LogP contribution in [0.3, 0.4) is 0 Å². The molecule has 7 aromatic carbocycles. The average Bonchev–Trinajstić information content (AvgIpc) is 3.57. The van der Waals surface area contributed by atoms with Gasteiger partial charge in [-0.2, -0.15) is 0 Å². The molecule has 1 aliphatic carbocycles. The highest BCUT2D eigenvalue weighted by atomic mass is 15.1. The molecule has 0 aliphatic heterocycles.